The second-order valence-electron chi connectivity index (χ2n) is 5.66. The molecule has 1 amide bonds. The maximum Gasteiger partial charge on any atom is 0.257 e. The van der Waals surface area contributed by atoms with E-state index in [0.29, 0.717) is 15.8 Å². The Labute approximate surface area is 149 Å². The average molecular weight is 361 g/mol. The molecule has 4 nitrogen and oxygen atoms in total. The van der Waals surface area contributed by atoms with Gasteiger partial charge in [0.15, 0.2) is 5.58 Å². The number of halogens is 1. The molecule has 3 aromatic rings. The Morgan fingerprint density at radius 2 is 2.04 bits per heavy atom. The predicted octanol–water partition coefficient (Wildman–Crippen LogP) is 5.22. The van der Waals surface area contributed by atoms with Gasteiger partial charge < -0.3 is 9.73 Å². The van der Waals surface area contributed by atoms with Crippen LogP contribution >= 0.6 is 23.4 Å². The van der Waals surface area contributed by atoms with E-state index >= 15 is 0 Å². The van der Waals surface area contributed by atoms with Crippen molar-refractivity contribution in [1.82, 2.24) is 4.98 Å². The molecule has 2 aromatic carbocycles. The Morgan fingerprint density at radius 1 is 1.25 bits per heavy atom. The lowest BCUT2D eigenvalue weighted by Crippen LogP contribution is -2.22. The summed E-state index contributed by atoms with van der Waals surface area (Å²) in [6.45, 7) is 5.83. The monoisotopic (exact) mass is 360 g/mol. The summed E-state index contributed by atoms with van der Waals surface area (Å²) in [6, 6.07) is 11.2. The number of hydrogen-bond acceptors (Lipinski definition) is 4. The van der Waals surface area contributed by atoms with Crippen LogP contribution in [0.5, 0.6) is 0 Å². The summed E-state index contributed by atoms with van der Waals surface area (Å²) in [5.74, 6) is -0.0905. The molecule has 0 radical (unpaired) electrons. The molecule has 1 heterocycles. The van der Waals surface area contributed by atoms with Crippen molar-refractivity contribution in [3.05, 3.63) is 52.5 Å². The van der Waals surface area contributed by atoms with Crippen molar-refractivity contribution < 1.29 is 9.21 Å². The quantitative estimate of drug-likeness (QED) is 0.648. The van der Waals surface area contributed by atoms with E-state index < -0.39 is 0 Å². The maximum atomic E-state index is 12.4. The Kier molecular flexibility index (Phi) is 4.83. The highest BCUT2D eigenvalue weighted by molar-refractivity contribution is 8.00. The fraction of sp³-hybridized carbons (Fsp3) is 0.222. The van der Waals surface area contributed by atoms with Crippen molar-refractivity contribution >= 4 is 46.1 Å². The number of nitrogens with one attached hydrogen (secondary N) is 1. The molecule has 0 aliphatic rings. The molecule has 0 aliphatic carbocycles. The Bertz CT molecular complexity index is 907. The zero-order valence-electron chi connectivity index (χ0n) is 13.6. The van der Waals surface area contributed by atoms with E-state index in [0.717, 1.165) is 22.3 Å². The number of nitrogens with zero attached hydrogens (tertiary/aromatic N) is 1. The van der Waals surface area contributed by atoms with Crippen LogP contribution in [0.15, 0.2) is 46.0 Å². The van der Waals surface area contributed by atoms with Crippen LogP contribution in [0.2, 0.25) is 5.02 Å². The van der Waals surface area contributed by atoms with Crippen molar-refractivity contribution in [2.75, 3.05) is 5.32 Å². The van der Waals surface area contributed by atoms with Gasteiger partial charge in [-0.1, -0.05) is 41.1 Å². The van der Waals surface area contributed by atoms with Crippen molar-refractivity contribution in [2.45, 2.75) is 31.2 Å². The van der Waals surface area contributed by atoms with Gasteiger partial charge in [-0.15, -0.1) is 0 Å². The third kappa shape index (κ3) is 3.74. The molecule has 1 atom stereocenters. The van der Waals surface area contributed by atoms with E-state index in [1.165, 1.54) is 11.8 Å². The molecule has 0 bridgehead atoms. The number of anilines is 1. The third-order valence-corrected chi connectivity index (χ3v) is 4.80. The number of aryl methyl sites for hydroxylation is 2. The summed E-state index contributed by atoms with van der Waals surface area (Å²) in [5, 5.41) is 3.66. The zero-order valence-corrected chi connectivity index (χ0v) is 15.2. The van der Waals surface area contributed by atoms with E-state index in [1.54, 1.807) is 18.2 Å². The van der Waals surface area contributed by atoms with E-state index in [4.69, 9.17) is 16.0 Å². The minimum absolute atomic E-state index is 0.0905. The van der Waals surface area contributed by atoms with Gasteiger partial charge in [0.25, 0.3) is 5.22 Å². The van der Waals surface area contributed by atoms with Crippen LogP contribution in [0.4, 0.5) is 5.69 Å². The van der Waals surface area contributed by atoms with Crippen molar-refractivity contribution in [3.8, 4) is 0 Å². The summed E-state index contributed by atoms with van der Waals surface area (Å²) < 4.78 is 5.65. The first-order chi connectivity index (χ1) is 11.4. The molecule has 1 N–H and O–H groups in total. The lowest BCUT2D eigenvalue weighted by Gasteiger charge is -2.12. The van der Waals surface area contributed by atoms with Gasteiger partial charge in [-0.3, -0.25) is 4.79 Å². The highest BCUT2D eigenvalue weighted by Gasteiger charge is 2.19. The lowest BCUT2D eigenvalue weighted by atomic mass is 10.1. The molecule has 24 heavy (non-hydrogen) atoms. The van der Waals surface area contributed by atoms with Crippen LogP contribution in [0.1, 0.15) is 18.1 Å². The topological polar surface area (TPSA) is 55.1 Å². The second kappa shape index (κ2) is 6.87. The van der Waals surface area contributed by atoms with Gasteiger partial charge in [0.1, 0.15) is 5.52 Å². The molecular weight excluding hydrogens is 344 g/mol. The van der Waals surface area contributed by atoms with Gasteiger partial charge in [-0.25, -0.2) is 4.98 Å². The van der Waals surface area contributed by atoms with Crippen molar-refractivity contribution in [3.63, 3.8) is 0 Å². The summed E-state index contributed by atoms with van der Waals surface area (Å²) in [4.78, 5) is 16.8. The number of thioether (sulfide) groups is 1. The number of hydrogen-bond donors (Lipinski definition) is 1. The Balaban J connectivity index is 1.70. The van der Waals surface area contributed by atoms with Gasteiger partial charge in [0.2, 0.25) is 5.91 Å². The summed E-state index contributed by atoms with van der Waals surface area (Å²) in [7, 11) is 0. The smallest absolute Gasteiger partial charge is 0.257 e. The molecule has 6 heteroatoms. The maximum absolute atomic E-state index is 12.4. The third-order valence-electron chi connectivity index (χ3n) is 3.62. The van der Waals surface area contributed by atoms with E-state index in [1.807, 2.05) is 39.0 Å². The van der Waals surface area contributed by atoms with Gasteiger partial charge >= 0.3 is 0 Å². The van der Waals surface area contributed by atoms with Gasteiger partial charge in [0.05, 0.1) is 5.25 Å². The largest absolute Gasteiger partial charge is 0.431 e. The molecule has 0 saturated heterocycles. The molecule has 0 unspecified atom stereocenters. The highest BCUT2D eigenvalue weighted by atomic mass is 35.5. The number of fused-ring (bicyclic) bond motifs is 1. The Hall–Kier alpha value is -1.98. The summed E-state index contributed by atoms with van der Waals surface area (Å²) >= 11 is 7.22. The van der Waals surface area contributed by atoms with Crippen molar-refractivity contribution in [1.29, 1.82) is 0 Å². The standard InChI is InChI=1S/C18H17ClN2O2S/c1-10-4-6-14(11(2)8-10)20-17(22)12(3)24-18-21-15-7-5-13(19)9-16(15)23-18/h4-9,12H,1-3H3,(H,20,22)/t12-/m1/s1. The molecule has 0 fully saturated rings. The summed E-state index contributed by atoms with van der Waals surface area (Å²) in [5.41, 5.74) is 4.37. The zero-order chi connectivity index (χ0) is 17.3. The number of amides is 1. The Morgan fingerprint density at radius 3 is 2.79 bits per heavy atom. The minimum atomic E-state index is -0.339. The molecule has 124 valence electrons. The van der Waals surface area contributed by atoms with E-state index in [-0.39, 0.29) is 11.2 Å². The minimum Gasteiger partial charge on any atom is -0.431 e. The fourth-order valence-corrected chi connectivity index (χ4v) is 3.24. The lowest BCUT2D eigenvalue weighted by molar-refractivity contribution is -0.115. The van der Waals surface area contributed by atoms with E-state index in [9.17, 15) is 4.79 Å². The predicted molar refractivity (Wildman–Crippen MR) is 98.9 cm³/mol. The first kappa shape index (κ1) is 16.9. The second-order valence-corrected chi connectivity index (χ2v) is 7.39. The molecule has 0 saturated carbocycles. The molecule has 0 aliphatic heterocycles. The van der Waals surface area contributed by atoms with Crippen molar-refractivity contribution in [2.24, 2.45) is 0 Å². The molecule has 1 aromatic heterocycles. The van der Waals surface area contributed by atoms with Gasteiger partial charge in [0, 0.05) is 16.8 Å². The SMILES string of the molecule is Cc1ccc(NC(=O)[C@@H](C)Sc2nc3ccc(Cl)cc3o2)c(C)c1. The van der Waals surface area contributed by atoms with Crippen LogP contribution in [0, 0.1) is 13.8 Å². The number of aromatic nitrogens is 1. The molecule has 3 rings (SSSR count). The molecule has 0 spiro atoms. The fourth-order valence-electron chi connectivity index (χ4n) is 2.32. The number of benzene rings is 2. The first-order valence-corrected chi connectivity index (χ1v) is 8.79. The van der Waals surface area contributed by atoms with Crippen LogP contribution in [0.25, 0.3) is 11.1 Å². The average Bonchev–Trinajstić information content (AvgIpc) is 2.91. The molecular formula is C18H17ClN2O2S. The van der Waals surface area contributed by atoms with Gasteiger partial charge in [-0.05, 0) is 44.5 Å². The van der Waals surface area contributed by atoms with Crippen LogP contribution < -0.4 is 5.32 Å². The normalized spacial score (nSPS) is 12.3. The van der Waals surface area contributed by atoms with Crippen LogP contribution in [-0.2, 0) is 4.79 Å². The number of carbonyl (C=O) groups excluding carboxylic acids is 1. The first-order valence-electron chi connectivity index (χ1n) is 7.53. The highest BCUT2D eigenvalue weighted by Crippen LogP contribution is 2.29. The number of rotatable bonds is 4. The van der Waals surface area contributed by atoms with E-state index in [2.05, 4.69) is 10.3 Å². The number of oxazole rings is 1. The van der Waals surface area contributed by atoms with Gasteiger partial charge in [-0.2, -0.15) is 0 Å². The summed E-state index contributed by atoms with van der Waals surface area (Å²) in [6.07, 6.45) is 0. The number of carbonyl (C=O) groups is 1. The van der Waals surface area contributed by atoms with Crippen LogP contribution in [0.3, 0.4) is 0 Å². The van der Waals surface area contributed by atoms with Crippen LogP contribution in [-0.4, -0.2) is 16.1 Å².